The Balaban J connectivity index is 3.58. The Labute approximate surface area is 105 Å². The quantitative estimate of drug-likeness (QED) is 0.563. The largest absolute Gasteiger partial charge is 0.385 e. The Morgan fingerprint density at radius 1 is 1.41 bits per heavy atom. The Bertz CT molecular complexity index is 210. The standard InChI is InChI=1S/C12H27N3O2/c1-10(2)11(13)12(16)14-6-8-15(3)7-5-9-17-4/h10-11H,5-9,13H2,1-4H3,(H,14,16)/t11-/m0/s1. The summed E-state index contributed by atoms with van der Waals surface area (Å²) in [5.74, 6) is 0.111. The summed E-state index contributed by atoms with van der Waals surface area (Å²) in [5, 5.41) is 2.85. The van der Waals surface area contributed by atoms with Gasteiger partial charge in [-0.15, -0.1) is 0 Å². The zero-order valence-corrected chi connectivity index (χ0v) is 11.5. The number of likely N-dealkylation sites (N-methyl/N-ethyl adjacent to an activating group) is 1. The first-order valence-electron chi connectivity index (χ1n) is 6.19. The van der Waals surface area contributed by atoms with E-state index in [1.807, 2.05) is 20.9 Å². The molecule has 0 unspecified atom stereocenters. The number of carbonyl (C=O) groups is 1. The Morgan fingerprint density at radius 2 is 2.06 bits per heavy atom. The highest BCUT2D eigenvalue weighted by molar-refractivity contribution is 5.81. The number of nitrogens with zero attached hydrogens (tertiary/aromatic N) is 1. The molecule has 5 nitrogen and oxygen atoms in total. The van der Waals surface area contributed by atoms with Crippen molar-refractivity contribution in [3.8, 4) is 0 Å². The van der Waals surface area contributed by atoms with Crippen LogP contribution in [0.3, 0.4) is 0 Å². The third kappa shape index (κ3) is 8.12. The molecule has 17 heavy (non-hydrogen) atoms. The highest BCUT2D eigenvalue weighted by Gasteiger charge is 2.16. The van der Waals surface area contributed by atoms with Gasteiger partial charge in [-0.1, -0.05) is 13.8 Å². The maximum Gasteiger partial charge on any atom is 0.237 e. The second-order valence-corrected chi connectivity index (χ2v) is 4.71. The minimum atomic E-state index is -0.409. The number of ether oxygens (including phenoxy) is 1. The molecule has 5 heteroatoms. The fraction of sp³-hybridized carbons (Fsp3) is 0.917. The Hall–Kier alpha value is -0.650. The number of nitrogens with one attached hydrogen (secondary N) is 1. The van der Waals surface area contributed by atoms with E-state index in [1.54, 1.807) is 7.11 Å². The van der Waals surface area contributed by atoms with Crippen LogP contribution in [-0.2, 0) is 9.53 Å². The predicted molar refractivity (Wildman–Crippen MR) is 69.8 cm³/mol. The molecule has 0 aromatic carbocycles. The van der Waals surface area contributed by atoms with Crippen molar-refractivity contribution >= 4 is 5.91 Å². The van der Waals surface area contributed by atoms with Gasteiger partial charge in [-0.2, -0.15) is 0 Å². The van der Waals surface area contributed by atoms with E-state index in [-0.39, 0.29) is 11.8 Å². The molecular formula is C12H27N3O2. The van der Waals surface area contributed by atoms with Crippen molar-refractivity contribution in [1.29, 1.82) is 0 Å². The zero-order valence-electron chi connectivity index (χ0n) is 11.5. The monoisotopic (exact) mass is 245 g/mol. The topological polar surface area (TPSA) is 67.6 Å². The van der Waals surface area contributed by atoms with Crippen LogP contribution in [0.1, 0.15) is 20.3 Å². The predicted octanol–water partition coefficient (Wildman–Crippen LogP) is 0.0542. The van der Waals surface area contributed by atoms with E-state index in [1.165, 1.54) is 0 Å². The van der Waals surface area contributed by atoms with Gasteiger partial charge in [-0.25, -0.2) is 0 Å². The van der Waals surface area contributed by atoms with Gasteiger partial charge in [0, 0.05) is 33.4 Å². The number of rotatable bonds is 9. The fourth-order valence-electron chi connectivity index (χ4n) is 1.38. The fourth-order valence-corrected chi connectivity index (χ4v) is 1.38. The molecule has 0 fully saturated rings. The van der Waals surface area contributed by atoms with Crippen molar-refractivity contribution in [1.82, 2.24) is 10.2 Å². The number of amides is 1. The lowest BCUT2D eigenvalue weighted by atomic mass is 10.1. The number of nitrogens with two attached hydrogens (primary N) is 1. The molecule has 0 aromatic heterocycles. The molecule has 0 rings (SSSR count). The SMILES string of the molecule is COCCCN(C)CCNC(=O)[C@@H](N)C(C)C. The minimum absolute atomic E-state index is 0.0645. The Kier molecular flexibility index (Phi) is 9.03. The van der Waals surface area contributed by atoms with E-state index in [0.29, 0.717) is 6.54 Å². The molecule has 0 aliphatic heterocycles. The van der Waals surface area contributed by atoms with E-state index in [2.05, 4.69) is 10.2 Å². The number of methoxy groups -OCH3 is 1. The smallest absolute Gasteiger partial charge is 0.237 e. The molecule has 0 bridgehead atoms. The lowest BCUT2D eigenvalue weighted by molar-refractivity contribution is -0.123. The molecule has 0 saturated heterocycles. The highest BCUT2D eigenvalue weighted by Crippen LogP contribution is 1.97. The first kappa shape index (κ1) is 16.4. The van der Waals surface area contributed by atoms with Gasteiger partial charge in [0.2, 0.25) is 5.91 Å². The molecule has 0 aliphatic rings. The molecule has 1 amide bonds. The van der Waals surface area contributed by atoms with Crippen molar-refractivity contribution in [2.24, 2.45) is 11.7 Å². The van der Waals surface area contributed by atoms with Crippen molar-refractivity contribution in [3.05, 3.63) is 0 Å². The summed E-state index contributed by atoms with van der Waals surface area (Å²) in [5.41, 5.74) is 5.73. The maximum absolute atomic E-state index is 11.6. The van der Waals surface area contributed by atoms with Crippen LogP contribution in [0.15, 0.2) is 0 Å². The van der Waals surface area contributed by atoms with Crippen LogP contribution >= 0.6 is 0 Å². The van der Waals surface area contributed by atoms with Gasteiger partial charge >= 0.3 is 0 Å². The van der Waals surface area contributed by atoms with Gasteiger partial charge in [-0.3, -0.25) is 4.79 Å². The first-order chi connectivity index (χ1) is 7.99. The third-order valence-corrected chi connectivity index (χ3v) is 2.70. The van der Waals surface area contributed by atoms with Gasteiger partial charge < -0.3 is 20.7 Å². The summed E-state index contributed by atoms with van der Waals surface area (Å²) < 4.78 is 4.98. The number of hydrogen-bond acceptors (Lipinski definition) is 4. The van der Waals surface area contributed by atoms with Crippen LogP contribution in [0.25, 0.3) is 0 Å². The number of hydrogen-bond donors (Lipinski definition) is 2. The van der Waals surface area contributed by atoms with Gasteiger partial charge in [0.25, 0.3) is 0 Å². The molecule has 0 saturated carbocycles. The molecule has 3 N–H and O–H groups in total. The number of carbonyl (C=O) groups excluding carboxylic acids is 1. The van der Waals surface area contributed by atoms with Crippen LogP contribution in [0.2, 0.25) is 0 Å². The molecule has 1 atom stereocenters. The van der Waals surface area contributed by atoms with Gasteiger partial charge in [-0.05, 0) is 19.4 Å². The van der Waals surface area contributed by atoms with E-state index >= 15 is 0 Å². The molecular weight excluding hydrogens is 218 g/mol. The van der Waals surface area contributed by atoms with Gasteiger partial charge in [0.1, 0.15) is 0 Å². The van der Waals surface area contributed by atoms with Crippen LogP contribution in [0.4, 0.5) is 0 Å². The zero-order chi connectivity index (χ0) is 13.3. The summed E-state index contributed by atoms with van der Waals surface area (Å²) in [4.78, 5) is 13.7. The van der Waals surface area contributed by atoms with Crippen LogP contribution in [-0.4, -0.2) is 57.2 Å². The van der Waals surface area contributed by atoms with E-state index in [4.69, 9.17) is 10.5 Å². The van der Waals surface area contributed by atoms with Crippen molar-refractivity contribution < 1.29 is 9.53 Å². The molecule has 0 spiro atoms. The summed E-state index contributed by atoms with van der Waals surface area (Å²) in [6.45, 7) is 7.11. The van der Waals surface area contributed by atoms with Crippen molar-refractivity contribution in [2.45, 2.75) is 26.3 Å². The lowest BCUT2D eigenvalue weighted by Crippen LogP contribution is -2.45. The summed E-state index contributed by atoms with van der Waals surface area (Å²) in [7, 11) is 3.73. The summed E-state index contributed by atoms with van der Waals surface area (Å²) >= 11 is 0. The second kappa shape index (κ2) is 9.39. The summed E-state index contributed by atoms with van der Waals surface area (Å²) in [6.07, 6.45) is 1.01. The molecule has 0 aromatic rings. The summed E-state index contributed by atoms with van der Waals surface area (Å²) in [6, 6.07) is -0.409. The van der Waals surface area contributed by atoms with E-state index < -0.39 is 6.04 Å². The second-order valence-electron chi connectivity index (χ2n) is 4.71. The average molecular weight is 245 g/mol. The molecule has 0 heterocycles. The first-order valence-corrected chi connectivity index (χ1v) is 6.19. The normalized spacial score (nSPS) is 13.1. The minimum Gasteiger partial charge on any atom is -0.385 e. The van der Waals surface area contributed by atoms with Crippen LogP contribution < -0.4 is 11.1 Å². The molecule has 0 aliphatic carbocycles. The third-order valence-electron chi connectivity index (χ3n) is 2.70. The maximum atomic E-state index is 11.6. The average Bonchev–Trinajstić information content (AvgIpc) is 2.28. The van der Waals surface area contributed by atoms with Crippen molar-refractivity contribution in [2.75, 3.05) is 40.4 Å². The Morgan fingerprint density at radius 3 is 2.59 bits per heavy atom. The van der Waals surface area contributed by atoms with Crippen LogP contribution in [0, 0.1) is 5.92 Å². The van der Waals surface area contributed by atoms with Gasteiger partial charge in [0.15, 0.2) is 0 Å². The van der Waals surface area contributed by atoms with Crippen LogP contribution in [0.5, 0.6) is 0 Å². The van der Waals surface area contributed by atoms with Gasteiger partial charge in [0.05, 0.1) is 6.04 Å². The molecule has 102 valence electrons. The van der Waals surface area contributed by atoms with Crippen molar-refractivity contribution in [3.63, 3.8) is 0 Å². The highest BCUT2D eigenvalue weighted by atomic mass is 16.5. The van der Waals surface area contributed by atoms with E-state index in [0.717, 1.165) is 26.1 Å². The van der Waals surface area contributed by atoms with E-state index in [9.17, 15) is 4.79 Å². The lowest BCUT2D eigenvalue weighted by Gasteiger charge is -2.19. The molecule has 0 radical (unpaired) electrons.